The molecule has 176 valence electrons. The van der Waals surface area contributed by atoms with Gasteiger partial charge in [-0.15, -0.1) is 5.10 Å². The lowest BCUT2D eigenvalue weighted by Gasteiger charge is -2.38. The molecule has 2 heterocycles. The minimum atomic E-state index is -0.465. The Morgan fingerprint density at radius 1 is 1.06 bits per heavy atom. The van der Waals surface area contributed by atoms with Crippen LogP contribution >= 0.6 is 0 Å². The minimum absolute atomic E-state index is 0.113. The fourth-order valence-electron chi connectivity index (χ4n) is 5.03. The Labute approximate surface area is 199 Å². The molecule has 0 amide bonds. The molecule has 1 atom stereocenters. The lowest BCUT2D eigenvalue weighted by Crippen LogP contribution is -2.36. The van der Waals surface area contributed by atoms with Crippen molar-refractivity contribution in [3.63, 3.8) is 0 Å². The van der Waals surface area contributed by atoms with Crippen LogP contribution in [0.1, 0.15) is 49.4 Å². The van der Waals surface area contributed by atoms with Crippen molar-refractivity contribution in [2.75, 3.05) is 19.5 Å². The number of hydrogen-bond acceptors (Lipinski definition) is 6. The smallest absolute Gasteiger partial charge is 0.226 e. The van der Waals surface area contributed by atoms with E-state index in [1.807, 2.05) is 28.9 Å². The number of para-hydroxylation sites is 1. The highest BCUT2D eigenvalue weighted by Gasteiger charge is 2.43. The fraction of sp³-hybridized carbons (Fsp3) is 0.370. The van der Waals surface area contributed by atoms with Crippen LogP contribution in [0.5, 0.6) is 11.5 Å². The van der Waals surface area contributed by atoms with Crippen LogP contribution in [-0.4, -0.2) is 34.8 Å². The summed E-state index contributed by atoms with van der Waals surface area (Å²) in [5, 5.41) is 8.35. The monoisotopic (exact) mass is 458 g/mol. The number of carbonyl (C=O) groups is 1. The van der Waals surface area contributed by atoms with Gasteiger partial charge < -0.3 is 14.8 Å². The number of ketones is 1. The third kappa shape index (κ3) is 3.56. The van der Waals surface area contributed by atoms with E-state index >= 15 is 0 Å². The van der Waals surface area contributed by atoms with Gasteiger partial charge in [0.25, 0.3) is 0 Å². The van der Waals surface area contributed by atoms with Gasteiger partial charge in [0.1, 0.15) is 6.04 Å². The number of nitrogens with one attached hydrogen (secondary N) is 1. The van der Waals surface area contributed by atoms with Crippen LogP contribution in [-0.2, 0) is 4.79 Å². The summed E-state index contributed by atoms with van der Waals surface area (Å²) in [5.41, 5.74) is 5.64. The second kappa shape index (κ2) is 8.01. The van der Waals surface area contributed by atoms with E-state index in [0.29, 0.717) is 29.7 Å². The molecule has 7 nitrogen and oxygen atoms in total. The Kier molecular flexibility index (Phi) is 5.23. The summed E-state index contributed by atoms with van der Waals surface area (Å²) >= 11 is 0. The molecular weight excluding hydrogens is 428 g/mol. The topological polar surface area (TPSA) is 78.3 Å². The first-order valence-electron chi connectivity index (χ1n) is 11.5. The molecule has 0 saturated heterocycles. The van der Waals surface area contributed by atoms with Crippen molar-refractivity contribution in [1.29, 1.82) is 0 Å². The SMILES string of the molecule is COc1cccc(C2C3=C(CC(C)(C)CC3=O)Nc3nc(-c4ccc(C)c(C)c4)nn32)c1OC. The van der Waals surface area contributed by atoms with E-state index < -0.39 is 6.04 Å². The predicted molar refractivity (Wildman–Crippen MR) is 131 cm³/mol. The van der Waals surface area contributed by atoms with Crippen molar-refractivity contribution >= 4 is 11.7 Å². The molecule has 1 unspecified atom stereocenters. The lowest BCUT2D eigenvalue weighted by atomic mass is 9.73. The number of Topliss-reactive ketones (excluding diaryl/α,β-unsaturated/α-hetero) is 1. The molecular formula is C27H30N4O3. The van der Waals surface area contributed by atoms with Gasteiger partial charge >= 0.3 is 0 Å². The zero-order valence-corrected chi connectivity index (χ0v) is 20.5. The van der Waals surface area contributed by atoms with Crippen molar-refractivity contribution in [3.8, 4) is 22.9 Å². The Hall–Kier alpha value is -3.61. The molecule has 1 aliphatic heterocycles. The average molecular weight is 459 g/mol. The highest BCUT2D eigenvalue weighted by Crippen LogP contribution is 2.48. The average Bonchev–Trinajstić information content (AvgIpc) is 3.21. The molecule has 2 aromatic carbocycles. The Morgan fingerprint density at radius 2 is 1.85 bits per heavy atom. The van der Waals surface area contributed by atoms with E-state index in [0.717, 1.165) is 28.8 Å². The molecule has 0 fully saturated rings. The van der Waals surface area contributed by atoms with E-state index in [1.165, 1.54) is 11.1 Å². The van der Waals surface area contributed by atoms with Crippen molar-refractivity contribution in [1.82, 2.24) is 14.8 Å². The maximum atomic E-state index is 13.5. The summed E-state index contributed by atoms with van der Waals surface area (Å²) < 4.78 is 13.2. The molecule has 1 N–H and O–H groups in total. The third-order valence-electron chi connectivity index (χ3n) is 6.83. The van der Waals surface area contributed by atoms with Gasteiger partial charge in [-0.25, -0.2) is 4.68 Å². The standard InChI is InChI=1S/C27H30N4O3/c1-15-10-11-17(12-16(15)2)25-29-26-28-19-13-27(3,4)14-20(32)22(19)23(31(26)30-25)18-8-7-9-21(33-5)24(18)34-6/h7-12,23H,13-14H2,1-6H3,(H,28,29,30). The quantitative estimate of drug-likeness (QED) is 0.576. The summed E-state index contributed by atoms with van der Waals surface area (Å²) in [4.78, 5) is 18.4. The fourth-order valence-corrected chi connectivity index (χ4v) is 5.03. The van der Waals surface area contributed by atoms with E-state index in [4.69, 9.17) is 19.6 Å². The summed E-state index contributed by atoms with van der Waals surface area (Å²) in [6.45, 7) is 8.41. The molecule has 0 spiro atoms. The maximum absolute atomic E-state index is 13.5. The van der Waals surface area contributed by atoms with Crippen LogP contribution in [0.3, 0.4) is 0 Å². The molecule has 1 aliphatic carbocycles. The van der Waals surface area contributed by atoms with Crippen LogP contribution in [0.15, 0.2) is 47.7 Å². The first kappa shape index (κ1) is 22.2. The molecule has 0 bridgehead atoms. The van der Waals surface area contributed by atoms with Gasteiger partial charge in [-0.1, -0.05) is 38.1 Å². The minimum Gasteiger partial charge on any atom is -0.493 e. The van der Waals surface area contributed by atoms with Gasteiger partial charge in [0.2, 0.25) is 5.95 Å². The highest BCUT2D eigenvalue weighted by atomic mass is 16.5. The number of ether oxygens (including phenoxy) is 2. The number of aromatic nitrogens is 3. The van der Waals surface area contributed by atoms with Crippen LogP contribution in [0.2, 0.25) is 0 Å². The van der Waals surface area contributed by atoms with Crippen LogP contribution < -0.4 is 14.8 Å². The van der Waals surface area contributed by atoms with Crippen molar-refractivity contribution in [3.05, 3.63) is 64.4 Å². The number of aryl methyl sites for hydroxylation is 2. The molecule has 0 radical (unpaired) electrons. The molecule has 7 heteroatoms. The van der Waals surface area contributed by atoms with Crippen molar-refractivity contribution < 1.29 is 14.3 Å². The number of allylic oxidation sites excluding steroid dienone is 2. The van der Waals surface area contributed by atoms with Gasteiger partial charge in [0, 0.05) is 28.8 Å². The number of hydrogen-bond donors (Lipinski definition) is 1. The summed E-state index contributed by atoms with van der Waals surface area (Å²) in [5.74, 6) is 2.55. The number of rotatable bonds is 4. The molecule has 2 aliphatic rings. The third-order valence-corrected chi connectivity index (χ3v) is 6.83. The van der Waals surface area contributed by atoms with Gasteiger partial charge in [-0.2, -0.15) is 4.98 Å². The van der Waals surface area contributed by atoms with Gasteiger partial charge in [-0.05, 0) is 48.9 Å². The summed E-state index contributed by atoms with van der Waals surface area (Å²) in [7, 11) is 3.23. The van der Waals surface area contributed by atoms with Crippen LogP contribution in [0.25, 0.3) is 11.4 Å². The second-order valence-electron chi connectivity index (χ2n) is 9.95. The number of anilines is 1. The zero-order valence-electron chi connectivity index (χ0n) is 20.5. The Balaban J connectivity index is 1.73. The number of methoxy groups -OCH3 is 2. The normalized spacial score (nSPS) is 18.8. The molecule has 1 aromatic heterocycles. The lowest BCUT2D eigenvalue weighted by molar-refractivity contribution is -0.118. The van der Waals surface area contributed by atoms with E-state index in [1.54, 1.807) is 14.2 Å². The Morgan fingerprint density at radius 3 is 2.56 bits per heavy atom. The largest absolute Gasteiger partial charge is 0.493 e. The molecule has 3 aromatic rings. The van der Waals surface area contributed by atoms with E-state index in [2.05, 4.69) is 45.1 Å². The van der Waals surface area contributed by atoms with Gasteiger partial charge in [-0.3, -0.25) is 4.79 Å². The zero-order chi connectivity index (χ0) is 24.2. The number of nitrogens with zero attached hydrogens (tertiary/aromatic N) is 3. The Bertz CT molecular complexity index is 1340. The highest BCUT2D eigenvalue weighted by molar-refractivity contribution is 6.00. The van der Waals surface area contributed by atoms with Gasteiger partial charge in [0.05, 0.1) is 14.2 Å². The second-order valence-corrected chi connectivity index (χ2v) is 9.95. The molecule has 5 rings (SSSR count). The van der Waals surface area contributed by atoms with E-state index in [-0.39, 0.29) is 11.2 Å². The number of fused-ring (bicyclic) bond motifs is 1. The number of carbonyl (C=O) groups excluding carboxylic acids is 1. The van der Waals surface area contributed by atoms with Crippen molar-refractivity contribution in [2.24, 2.45) is 5.41 Å². The van der Waals surface area contributed by atoms with Crippen LogP contribution in [0.4, 0.5) is 5.95 Å². The summed E-state index contributed by atoms with van der Waals surface area (Å²) in [6, 6.07) is 11.5. The molecule has 0 saturated carbocycles. The first-order chi connectivity index (χ1) is 16.2. The van der Waals surface area contributed by atoms with Crippen LogP contribution in [0, 0.1) is 19.3 Å². The van der Waals surface area contributed by atoms with Gasteiger partial charge in [0.15, 0.2) is 23.1 Å². The predicted octanol–water partition coefficient (Wildman–Crippen LogP) is 5.24. The summed E-state index contributed by atoms with van der Waals surface area (Å²) in [6.07, 6.45) is 1.23. The molecule has 34 heavy (non-hydrogen) atoms. The number of benzene rings is 2. The maximum Gasteiger partial charge on any atom is 0.226 e. The van der Waals surface area contributed by atoms with E-state index in [9.17, 15) is 4.79 Å². The van der Waals surface area contributed by atoms with Crippen molar-refractivity contribution in [2.45, 2.75) is 46.6 Å². The first-order valence-corrected chi connectivity index (χ1v) is 11.5.